The number of carbonyl (C=O) groups is 5. The van der Waals surface area contributed by atoms with Gasteiger partial charge in [-0.1, -0.05) is 0 Å². The lowest BCUT2D eigenvalue weighted by molar-refractivity contribution is -0.356. The summed E-state index contributed by atoms with van der Waals surface area (Å²) < 4.78 is 42.0. The number of hydrogen-bond acceptors (Lipinski definition) is 16. The minimum atomic E-state index is -1.81. The van der Waals surface area contributed by atoms with Crippen LogP contribution in [0.2, 0.25) is 0 Å². The Morgan fingerprint density at radius 2 is 1.00 bits per heavy atom. The molecule has 2 heterocycles. The van der Waals surface area contributed by atoms with Crippen LogP contribution in [0.3, 0.4) is 0 Å². The molecule has 0 bridgehead atoms. The quantitative estimate of drug-likeness (QED) is 0.198. The van der Waals surface area contributed by atoms with Crippen molar-refractivity contribution in [1.29, 1.82) is 0 Å². The predicted octanol–water partition coefficient (Wildman–Crippen LogP) is -2.54. The smallest absolute Gasteiger partial charge is 0.305 e. The molecule has 2 fully saturated rings. The van der Waals surface area contributed by atoms with Crippen LogP contribution in [0.5, 0.6) is 0 Å². The molecule has 0 amide bonds. The highest BCUT2D eigenvalue weighted by molar-refractivity contribution is 5.68. The van der Waals surface area contributed by atoms with Gasteiger partial charge >= 0.3 is 29.8 Å². The summed E-state index contributed by atoms with van der Waals surface area (Å²) in [5.41, 5.74) is 0. The van der Waals surface area contributed by atoms with E-state index < -0.39 is 104 Å². The maximum atomic E-state index is 11.7. The summed E-state index contributed by atoms with van der Waals surface area (Å²) in [6, 6.07) is 0. The van der Waals surface area contributed by atoms with Crippen LogP contribution in [0.4, 0.5) is 0 Å². The number of aliphatic hydroxyl groups is 3. The van der Waals surface area contributed by atoms with Gasteiger partial charge in [0.05, 0.1) is 0 Å². The standard InChI is InChI=1S/C22H32O16/c1-8(23)31-6-13-15(28)16(29)19(33-10(3)25)22(36-13)38-18-14(7-32-9(2)24)37-21(35-12(5)27)20(17(18)30)34-11(4)26/h13-22,28-30H,6-7H2,1-5H3/t13-,14-,15-,16+,17+,18-,19-,20-,21-,22+/m1/s1. The van der Waals surface area contributed by atoms with Crippen LogP contribution in [-0.4, -0.2) is 120 Å². The van der Waals surface area contributed by atoms with Gasteiger partial charge in [-0.05, 0) is 0 Å². The predicted molar refractivity (Wildman–Crippen MR) is 116 cm³/mol. The molecule has 16 heteroatoms. The molecule has 38 heavy (non-hydrogen) atoms. The summed E-state index contributed by atoms with van der Waals surface area (Å²) in [4.78, 5) is 57.6. The Hall–Kier alpha value is -2.89. The molecule has 2 aliphatic heterocycles. The van der Waals surface area contributed by atoms with Crippen LogP contribution in [-0.2, 0) is 61.9 Å². The van der Waals surface area contributed by atoms with E-state index in [2.05, 4.69) is 0 Å². The summed E-state index contributed by atoms with van der Waals surface area (Å²) in [6.45, 7) is 4.21. The highest BCUT2D eigenvalue weighted by Crippen LogP contribution is 2.32. The Labute approximate surface area is 216 Å². The molecule has 3 N–H and O–H groups in total. The highest BCUT2D eigenvalue weighted by Gasteiger charge is 2.54. The van der Waals surface area contributed by atoms with Crippen molar-refractivity contribution >= 4 is 29.8 Å². The Kier molecular flexibility index (Phi) is 11.4. The molecule has 0 saturated carbocycles. The molecule has 0 radical (unpaired) electrons. The fraction of sp³-hybridized carbons (Fsp3) is 0.773. The van der Waals surface area contributed by atoms with Gasteiger partial charge in [-0.3, -0.25) is 24.0 Å². The first-order valence-electron chi connectivity index (χ1n) is 11.5. The van der Waals surface area contributed by atoms with E-state index >= 15 is 0 Å². The number of rotatable bonds is 9. The summed E-state index contributed by atoms with van der Waals surface area (Å²) in [5.74, 6) is -4.06. The molecule has 0 aromatic heterocycles. The third-order valence-corrected chi connectivity index (χ3v) is 5.34. The lowest BCUT2D eigenvalue weighted by Crippen LogP contribution is -2.66. The number of esters is 5. The molecular formula is C22H32O16. The second-order valence-corrected chi connectivity index (χ2v) is 8.52. The van der Waals surface area contributed by atoms with Gasteiger partial charge < -0.3 is 53.2 Å². The van der Waals surface area contributed by atoms with Crippen molar-refractivity contribution in [2.75, 3.05) is 13.2 Å². The molecule has 16 nitrogen and oxygen atoms in total. The minimum absolute atomic E-state index is 0.522. The molecule has 0 aromatic rings. The summed E-state index contributed by atoms with van der Waals surface area (Å²) in [6.07, 6.45) is -16.2. The molecular weight excluding hydrogens is 520 g/mol. The monoisotopic (exact) mass is 552 g/mol. The van der Waals surface area contributed by atoms with E-state index in [1.165, 1.54) is 0 Å². The van der Waals surface area contributed by atoms with Crippen molar-refractivity contribution < 1.29 is 77.2 Å². The fourth-order valence-electron chi connectivity index (χ4n) is 3.80. The topological polar surface area (TPSA) is 220 Å². The van der Waals surface area contributed by atoms with Crippen molar-refractivity contribution in [2.45, 2.75) is 96.0 Å². The number of aliphatic hydroxyl groups excluding tert-OH is 3. The van der Waals surface area contributed by atoms with Crippen LogP contribution in [0.1, 0.15) is 34.6 Å². The first-order chi connectivity index (χ1) is 17.7. The van der Waals surface area contributed by atoms with Crippen molar-refractivity contribution in [3.8, 4) is 0 Å². The molecule has 10 atom stereocenters. The van der Waals surface area contributed by atoms with E-state index in [0.29, 0.717) is 0 Å². The van der Waals surface area contributed by atoms with Gasteiger partial charge in [0.25, 0.3) is 0 Å². The van der Waals surface area contributed by atoms with Crippen molar-refractivity contribution in [3.05, 3.63) is 0 Å². The van der Waals surface area contributed by atoms with Crippen LogP contribution >= 0.6 is 0 Å². The lowest BCUT2D eigenvalue weighted by Gasteiger charge is -2.47. The van der Waals surface area contributed by atoms with Crippen LogP contribution < -0.4 is 0 Å². The molecule has 2 aliphatic rings. The first kappa shape index (κ1) is 31.3. The van der Waals surface area contributed by atoms with Gasteiger partial charge in [0.2, 0.25) is 6.29 Å². The van der Waals surface area contributed by atoms with Gasteiger partial charge in [-0.2, -0.15) is 0 Å². The second-order valence-electron chi connectivity index (χ2n) is 8.52. The normalized spacial score (nSPS) is 34.9. The van der Waals surface area contributed by atoms with Gasteiger partial charge in [0.1, 0.15) is 49.8 Å². The van der Waals surface area contributed by atoms with Crippen LogP contribution in [0, 0.1) is 0 Å². The Morgan fingerprint density at radius 3 is 1.47 bits per heavy atom. The largest absolute Gasteiger partial charge is 0.463 e. The van der Waals surface area contributed by atoms with E-state index in [1.807, 2.05) is 0 Å². The summed E-state index contributed by atoms with van der Waals surface area (Å²) in [5, 5.41) is 32.1. The Morgan fingerprint density at radius 1 is 0.553 bits per heavy atom. The van der Waals surface area contributed by atoms with E-state index in [4.69, 9.17) is 37.9 Å². The Balaban J connectivity index is 2.41. The van der Waals surface area contributed by atoms with Gasteiger partial charge in [-0.25, -0.2) is 0 Å². The highest BCUT2D eigenvalue weighted by atomic mass is 16.8. The van der Waals surface area contributed by atoms with Crippen LogP contribution in [0.15, 0.2) is 0 Å². The van der Waals surface area contributed by atoms with Crippen molar-refractivity contribution in [3.63, 3.8) is 0 Å². The minimum Gasteiger partial charge on any atom is -0.463 e. The van der Waals surface area contributed by atoms with E-state index in [-0.39, 0.29) is 0 Å². The zero-order valence-corrected chi connectivity index (χ0v) is 21.3. The summed E-state index contributed by atoms with van der Waals surface area (Å²) >= 11 is 0. The third kappa shape index (κ3) is 8.57. The zero-order chi connectivity index (χ0) is 28.7. The molecule has 216 valence electrons. The average molecular weight is 552 g/mol. The lowest BCUT2D eigenvalue weighted by atomic mass is 9.96. The Bertz CT molecular complexity index is 871. The van der Waals surface area contributed by atoms with Gasteiger partial charge in [-0.15, -0.1) is 0 Å². The first-order valence-corrected chi connectivity index (χ1v) is 11.5. The molecule has 0 aromatic carbocycles. The van der Waals surface area contributed by atoms with Gasteiger partial charge in [0, 0.05) is 34.6 Å². The SMILES string of the molecule is CC(=O)OC[C@H]1O[C@@H](O[C@H]2[C@H](O)[C@@H](OC(C)=O)[C@H](OC(C)=O)O[C@@H]2COC(C)=O)[C@H](OC(C)=O)[C@@H](O)[C@@H]1O. The molecule has 2 rings (SSSR count). The van der Waals surface area contributed by atoms with Crippen LogP contribution in [0.25, 0.3) is 0 Å². The van der Waals surface area contributed by atoms with E-state index in [1.54, 1.807) is 0 Å². The number of carbonyl (C=O) groups excluding carboxylic acids is 5. The van der Waals surface area contributed by atoms with Gasteiger partial charge in [0.15, 0.2) is 18.5 Å². The maximum absolute atomic E-state index is 11.7. The van der Waals surface area contributed by atoms with E-state index in [0.717, 1.165) is 34.6 Å². The fourth-order valence-corrected chi connectivity index (χ4v) is 3.80. The second kappa shape index (κ2) is 13.8. The summed E-state index contributed by atoms with van der Waals surface area (Å²) in [7, 11) is 0. The molecule has 0 unspecified atom stereocenters. The molecule has 0 spiro atoms. The third-order valence-electron chi connectivity index (χ3n) is 5.34. The maximum Gasteiger partial charge on any atom is 0.305 e. The molecule has 0 aliphatic carbocycles. The zero-order valence-electron chi connectivity index (χ0n) is 21.3. The van der Waals surface area contributed by atoms with Crippen molar-refractivity contribution in [1.82, 2.24) is 0 Å². The number of ether oxygens (including phenoxy) is 8. The van der Waals surface area contributed by atoms with Crippen molar-refractivity contribution in [2.24, 2.45) is 0 Å². The molecule has 2 saturated heterocycles. The van der Waals surface area contributed by atoms with E-state index in [9.17, 15) is 39.3 Å². The number of hydrogen-bond donors (Lipinski definition) is 3. The average Bonchev–Trinajstić information content (AvgIpc) is 2.79.